The van der Waals surface area contributed by atoms with Gasteiger partial charge in [0.25, 0.3) is 0 Å². The summed E-state index contributed by atoms with van der Waals surface area (Å²) >= 11 is 0. The van der Waals surface area contributed by atoms with E-state index in [2.05, 4.69) is 10.6 Å². The Hall–Kier alpha value is -1.35. The zero-order chi connectivity index (χ0) is 12.6. The molecule has 1 fully saturated rings. The fraction of sp³-hybridized carbons (Fsp3) is 0.533. The third kappa shape index (κ3) is 4.49. The van der Waals surface area contributed by atoms with Crippen LogP contribution in [0.15, 0.2) is 30.3 Å². The van der Waals surface area contributed by atoms with Crippen LogP contribution in [-0.4, -0.2) is 18.5 Å². The summed E-state index contributed by atoms with van der Waals surface area (Å²) in [4.78, 5) is 11.7. The number of hydrogen-bond donors (Lipinski definition) is 2. The van der Waals surface area contributed by atoms with E-state index in [1.807, 2.05) is 30.3 Å². The van der Waals surface area contributed by atoms with Crippen molar-refractivity contribution in [3.63, 3.8) is 0 Å². The lowest BCUT2D eigenvalue weighted by Crippen LogP contribution is -2.39. The third-order valence-electron chi connectivity index (χ3n) is 3.49. The van der Waals surface area contributed by atoms with E-state index in [0.717, 1.165) is 5.56 Å². The van der Waals surface area contributed by atoms with Gasteiger partial charge in [0.05, 0.1) is 6.54 Å². The Morgan fingerprint density at radius 1 is 1.11 bits per heavy atom. The minimum Gasteiger partial charge on any atom is -0.351 e. The maximum Gasteiger partial charge on any atom is 0.234 e. The summed E-state index contributed by atoms with van der Waals surface area (Å²) in [7, 11) is 0. The van der Waals surface area contributed by atoms with Gasteiger partial charge in [0.15, 0.2) is 0 Å². The van der Waals surface area contributed by atoms with Crippen molar-refractivity contribution < 1.29 is 4.79 Å². The zero-order valence-corrected chi connectivity index (χ0v) is 10.8. The van der Waals surface area contributed by atoms with E-state index in [1.165, 1.54) is 32.1 Å². The van der Waals surface area contributed by atoms with Crippen LogP contribution in [0.2, 0.25) is 0 Å². The van der Waals surface area contributed by atoms with Gasteiger partial charge in [0.2, 0.25) is 5.91 Å². The van der Waals surface area contributed by atoms with Crippen molar-refractivity contribution in [3.05, 3.63) is 35.9 Å². The van der Waals surface area contributed by atoms with Gasteiger partial charge in [-0.2, -0.15) is 0 Å². The van der Waals surface area contributed by atoms with Gasteiger partial charge in [-0.3, -0.25) is 4.79 Å². The van der Waals surface area contributed by atoms with Crippen LogP contribution in [0.3, 0.4) is 0 Å². The van der Waals surface area contributed by atoms with E-state index in [1.54, 1.807) is 0 Å². The lowest BCUT2D eigenvalue weighted by Gasteiger charge is -2.22. The molecular weight excluding hydrogens is 224 g/mol. The number of hydrogen-bond acceptors (Lipinski definition) is 2. The molecular formula is C15H22N2O. The maximum atomic E-state index is 11.7. The van der Waals surface area contributed by atoms with Crippen molar-refractivity contribution in [2.24, 2.45) is 0 Å². The molecule has 0 aliphatic heterocycles. The lowest BCUT2D eigenvalue weighted by molar-refractivity contribution is -0.120. The number of carbonyl (C=O) groups excluding carboxylic acids is 1. The highest BCUT2D eigenvalue weighted by Gasteiger charge is 2.13. The Balaban J connectivity index is 1.63. The van der Waals surface area contributed by atoms with Crippen molar-refractivity contribution in [1.29, 1.82) is 0 Å². The van der Waals surface area contributed by atoms with Crippen LogP contribution in [0.25, 0.3) is 0 Å². The Labute approximate surface area is 109 Å². The average molecular weight is 246 g/mol. The molecule has 0 bridgehead atoms. The molecule has 1 aliphatic rings. The van der Waals surface area contributed by atoms with Crippen LogP contribution in [0, 0.1) is 0 Å². The highest BCUT2D eigenvalue weighted by Crippen LogP contribution is 2.16. The van der Waals surface area contributed by atoms with Gasteiger partial charge in [-0.05, 0) is 18.4 Å². The van der Waals surface area contributed by atoms with Gasteiger partial charge >= 0.3 is 0 Å². The first kappa shape index (κ1) is 13.1. The Morgan fingerprint density at radius 3 is 2.56 bits per heavy atom. The van der Waals surface area contributed by atoms with E-state index < -0.39 is 0 Å². The van der Waals surface area contributed by atoms with Crippen LogP contribution in [-0.2, 0) is 11.3 Å². The normalized spacial score (nSPS) is 16.4. The first-order chi connectivity index (χ1) is 8.84. The Morgan fingerprint density at radius 2 is 1.83 bits per heavy atom. The van der Waals surface area contributed by atoms with Crippen molar-refractivity contribution in [3.8, 4) is 0 Å². The predicted octanol–water partition coefficient (Wildman–Crippen LogP) is 2.23. The number of amides is 1. The molecule has 2 rings (SSSR count). The zero-order valence-electron chi connectivity index (χ0n) is 10.8. The highest BCUT2D eigenvalue weighted by molar-refractivity contribution is 5.78. The van der Waals surface area contributed by atoms with Crippen LogP contribution in [0.1, 0.15) is 37.7 Å². The van der Waals surface area contributed by atoms with E-state index in [-0.39, 0.29) is 5.91 Å². The molecule has 1 saturated carbocycles. The van der Waals surface area contributed by atoms with Crippen LogP contribution >= 0.6 is 0 Å². The predicted molar refractivity (Wildman–Crippen MR) is 73.2 cm³/mol. The van der Waals surface area contributed by atoms with Gasteiger partial charge < -0.3 is 10.6 Å². The molecule has 0 spiro atoms. The summed E-state index contributed by atoms with van der Waals surface area (Å²) in [5, 5.41) is 6.28. The van der Waals surface area contributed by atoms with Crippen molar-refractivity contribution in [2.75, 3.05) is 6.54 Å². The standard InChI is InChI=1S/C15H22N2O/c18-15(12-16-14-9-5-2-6-10-14)17-11-13-7-3-1-4-8-13/h1,3-4,7-8,14,16H,2,5-6,9-12H2,(H,17,18). The van der Waals surface area contributed by atoms with Gasteiger partial charge in [0, 0.05) is 12.6 Å². The molecule has 18 heavy (non-hydrogen) atoms. The minimum absolute atomic E-state index is 0.0874. The fourth-order valence-corrected chi connectivity index (χ4v) is 2.40. The Bertz CT molecular complexity index is 358. The second-order valence-electron chi connectivity index (χ2n) is 4.98. The van der Waals surface area contributed by atoms with E-state index in [0.29, 0.717) is 19.1 Å². The summed E-state index contributed by atoms with van der Waals surface area (Å²) in [5.41, 5.74) is 1.14. The first-order valence-electron chi connectivity index (χ1n) is 6.88. The molecule has 0 saturated heterocycles. The molecule has 1 aromatic rings. The van der Waals surface area contributed by atoms with E-state index in [9.17, 15) is 4.79 Å². The average Bonchev–Trinajstić information content (AvgIpc) is 2.45. The van der Waals surface area contributed by atoms with Crippen LogP contribution < -0.4 is 10.6 Å². The maximum absolute atomic E-state index is 11.7. The third-order valence-corrected chi connectivity index (χ3v) is 3.49. The van der Waals surface area contributed by atoms with Crippen molar-refractivity contribution >= 4 is 5.91 Å². The number of nitrogens with one attached hydrogen (secondary N) is 2. The van der Waals surface area contributed by atoms with E-state index >= 15 is 0 Å². The van der Waals surface area contributed by atoms with E-state index in [4.69, 9.17) is 0 Å². The van der Waals surface area contributed by atoms with Gasteiger partial charge in [-0.1, -0.05) is 49.6 Å². The Kier molecular flexibility index (Phi) is 5.21. The molecule has 2 N–H and O–H groups in total. The van der Waals surface area contributed by atoms with Crippen LogP contribution in [0.5, 0.6) is 0 Å². The molecule has 1 aromatic carbocycles. The molecule has 0 atom stereocenters. The van der Waals surface area contributed by atoms with Crippen LogP contribution in [0.4, 0.5) is 0 Å². The highest BCUT2D eigenvalue weighted by atomic mass is 16.1. The summed E-state index contributed by atoms with van der Waals surface area (Å²) in [6, 6.07) is 10.5. The van der Waals surface area contributed by atoms with Gasteiger partial charge in [0.1, 0.15) is 0 Å². The second kappa shape index (κ2) is 7.17. The lowest BCUT2D eigenvalue weighted by atomic mass is 9.95. The molecule has 0 radical (unpaired) electrons. The number of rotatable bonds is 5. The molecule has 1 amide bonds. The number of carbonyl (C=O) groups is 1. The SMILES string of the molecule is O=C(CNC1CCCCC1)NCc1ccccc1. The number of benzene rings is 1. The second-order valence-corrected chi connectivity index (χ2v) is 4.98. The molecule has 0 aromatic heterocycles. The summed E-state index contributed by atoms with van der Waals surface area (Å²) in [5.74, 6) is 0.0874. The fourth-order valence-electron chi connectivity index (χ4n) is 2.40. The molecule has 0 heterocycles. The largest absolute Gasteiger partial charge is 0.351 e. The summed E-state index contributed by atoms with van der Waals surface area (Å²) < 4.78 is 0. The minimum atomic E-state index is 0.0874. The molecule has 3 nitrogen and oxygen atoms in total. The molecule has 3 heteroatoms. The van der Waals surface area contributed by atoms with Crippen molar-refractivity contribution in [1.82, 2.24) is 10.6 Å². The summed E-state index contributed by atoms with van der Waals surface area (Å²) in [6.45, 7) is 1.06. The first-order valence-corrected chi connectivity index (χ1v) is 6.88. The topological polar surface area (TPSA) is 41.1 Å². The van der Waals surface area contributed by atoms with Gasteiger partial charge in [-0.15, -0.1) is 0 Å². The quantitative estimate of drug-likeness (QED) is 0.836. The smallest absolute Gasteiger partial charge is 0.234 e. The van der Waals surface area contributed by atoms with Crippen molar-refractivity contribution in [2.45, 2.75) is 44.7 Å². The molecule has 98 valence electrons. The summed E-state index contributed by atoms with van der Waals surface area (Å²) in [6.07, 6.45) is 6.36. The monoisotopic (exact) mass is 246 g/mol. The molecule has 0 unspecified atom stereocenters. The van der Waals surface area contributed by atoms with Gasteiger partial charge in [-0.25, -0.2) is 0 Å². The molecule has 1 aliphatic carbocycles.